The summed E-state index contributed by atoms with van der Waals surface area (Å²) in [5.41, 5.74) is 6.22. The fourth-order valence-corrected chi connectivity index (χ4v) is 2.54. The Morgan fingerprint density at radius 3 is 2.48 bits per heavy atom. The number of carboxylic acids is 1. The van der Waals surface area contributed by atoms with Crippen LogP contribution in [0.15, 0.2) is 29.1 Å². The lowest BCUT2D eigenvalue weighted by Crippen LogP contribution is -2.27. The number of rotatable bonds is 5. The summed E-state index contributed by atoms with van der Waals surface area (Å²) in [6.45, 7) is 0.226. The molecule has 0 radical (unpaired) electrons. The van der Waals surface area contributed by atoms with E-state index in [0.29, 0.717) is 22.0 Å². The third-order valence-electron chi connectivity index (χ3n) is 3.38. The number of aliphatic hydroxyl groups excluding tert-OH is 1. The van der Waals surface area contributed by atoms with Crippen LogP contribution in [0, 0.1) is 4.77 Å². The van der Waals surface area contributed by atoms with E-state index in [0.717, 1.165) is 0 Å². The molecule has 1 atom stereocenters. The average Bonchev–Trinajstić information content (AvgIpc) is 2.63. The predicted molar refractivity (Wildman–Crippen MR) is 102 cm³/mol. The lowest BCUT2D eigenvalue weighted by molar-refractivity contribution is -0.192. The molecule has 0 aliphatic heterocycles. The maximum Gasteiger partial charge on any atom is 0.490 e. The highest BCUT2D eigenvalue weighted by Crippen LogP contribution is 2.32. The van der Waals surface area contributed by atoms with Crippen molar-refractivity contribution in [2.75, 3.05) is 13.7 Å². The minimum absolute atomic E-state index is 0.0764. The van der Waals surface area contributed by atoms with Crippen LogP contribution in [-0.4, -0.2) is 51.7 Å². The van der Waals surface area contributed by atoms with Crippen molar-refractivity contribution in [3.8, 4) is 17.0 Å². The van der Waals surface area contributed by atoms with Gasteiger partial charge < -0.3 is 25.3 Å². The Morgan fingerprint density at radius 2 is 2.00 bits per heavy atom. The number of aliphatic hydroxyl groups is 1. The summed E-state index contributed by atoms with van der Waals surface area (Å²) in [6.07, 6.45) is -5.87. The summed E-state index contributed by atoms with van der Waals surface area (Å²) in [6, 6.07) is 6.44. The lowest BCUT2D eigenvalue weighted by Gasteiger charge is -2.18. The zero-order valence-corrected chi connectivity index (χ0v) is 16.4. The lowest BCUT2D eigenvalue weighted by atomic mass is 10.1. The SMILES string of the molecule is COc1ccc(Cl)cc1-c1cc(=O)[nH]c(=S)n1C[C@H](O)CN.O=C(O)C(F)(F)F. The largest absolute Gasteiger partial charge is 0.496 e. The maximum atomic E-state index is 11.8. The molecule has 0 fully saturated rings. The number of ether oxygens (including phenoxy) is 1. The molecule has 2 aromatic rings. The molecule has 0 aliphatic carbocycles. The van der Waals surface area contributed by atoms with E-state index >= 15 is 0 Å². The van der Waals surface area contributed by atoms with E-state index in [1.807, 2.05) is 0 Å². The molecular formula is C16H17ClF3N3O5S. The van der Waals surface area contributed by atoms with Gasteiger partial charge in [0, 0.05) is 23.2 Å². The van der Waals surface area contributed by atoms with Crippen LogP contribution in [-0.2, 0) is 11.3 Å². The van der Waals surface area contributed by atoms with Crippen LogP contribution in [0.4, 0.5) is 13.2 Å². The molecule has 1 aromatic carbocycles. The van der Waals surface area contributed by atoms with Gasteiger partial charge in [0.15, 0.2) is 4.77 Å². The number of carbonyl (C=O) groups is 1. The minimum Gasteiger partial charge on any atom is -0.496 e. The molecule has 0 bridgehead atoms. The molecule has 0 saturated heterocycles. The van der Waals surface area contributed by atoms with E-state index in [1.54, 1.807) is 22.8 Å². The second kappa shape index (κ2) is 10.4. The molecule has 2 rings (SSSR count). The number of hydrogen-bond acceptors (Lipinski definition) is 6. The predicted octanol–water partition coefficient (Wildman–Crippen LogP) is 2.19. The first kappa shape index (κ1) is 24.6. The van der Waals surface area contributed by atoms with Crippen LogP contribution >= 0.6 is 23.8 Å². The highest BCUT2D eigenvalue weighted by atomic mass is 35.5. The van der Waals surface area contributed by atoms with Gasteiger partial charge in [-0.25, -0.2) is 4.79 Å². The smallest absolute Gasteiger partial charge is 0.490 e. The normalized spacial score (nSPS) is 12.0. The van der Waals surface area contributed by atoms with Crippen molar-refractivity contribution in [2.45, 2.75) is 18.8 Å². The van der Waals surface area contributed by atoms with Crippen molar-refractivity contribution in [2.24, 2.45) is 5.73 Å². The zero-order valence-electron chi connectivity index (χ0n) is 14.9. The molecule has 0 unspecified atom stereocenters. The molecule has 8 nitrogen and oxygen atoms in total. The van der Waals surface area contributed by atoms with Gasteiger partial charge in [0.05, 0.1) is 25.5 Å². The molecular weight excluding hydrogens is 439 g/mol. The Bertz CT molecular complexity index is 977. The molecule has 0 amide bonds. The molecule has 0 spiro atoms. The molecule has 1 heterocycles. The van der Waals surface area contributed by atoms with Gasteiger partial charge in [0.25, 0.3) is 5.56 Å². The molecule has 1 aromatic heterocycles. The monoisotopic (exact) mass is 455 g/mol. The molecule has 0 aliphatic rings. The van der Waals surface area contributed by atoms with E-state index in [9.17, 15) is 23.1 Å². The first-order valence-corrected chi connectivity index (χ1v) is 8.55. The number of methoxy groups -OCH3 is 1. The van der Waals surface area contributed by atoms with E-state index in [2.05, 4.69) is 4.98 Å². The van der Waals surface area contributed by atoms with Gasteiger partial charge >= 0.3 is 12.1 Å². The highest BCUT2D eigenvalue weighted by Gasteiger charge is 2.38. The summed E-state index contributed by atoms with van der Waals surface area (Å²) in [4.78, 5) is 23.2. The van der Waals surface area contributed by atoms with Crippen molar-refractivity contribution >= 4 is 29.8 Å². The van der Waals surface area contributed by atoms with Gasteiger partial charge in [0.1, 0.15) is 5.75 Å². The average molecular weight is 456 g/mol. The van der Waals surface area contributed by atoms with Crippen LogP contribution < -0.4 is 16.0 Å². The van der Waals surface area contributed by atoms with Crippen molar-refractivity contribution in [3.63, 3.8) is 0 Å². The van der Waals surface area contributed by atoms with Crippen molar-refractivity contribution in [3.05, 3.63) is 44.4 Å². The maximum absolute atomic E-state index is 11.8. The molecule has 29 heavy (non-hydrogen) atoms. The number of hydrogen-bond donors (Lipinski definition) is 4. The number of halogens is 4. The number of alkyl halides is 3. The Morgan fingerprint density at radius 1 is 1.41 bits per heavy atom. The number of H-pyrrole nitrogens is 1. The number of nitrogens with two attached hydrogens (primary N) is 1. The number of aromatic amines is 1. The van der Waals surface area contributed by atoms with Gasteiger partial charge in [-0.15, -0.1) is 0 Å². The topological polar surface area (TPSA) is 131 Å². The first-order chi connectivity index (χ1) is 13.4. The van der Waals surface area contributed by atoms with E-state index in [-0.39, 0.29) is 23.4 Å². The highest BCUT2D eigenvalue weighted by molar-refractivity contribution is 7.71. The van der Waals surface area contributed by atoms with Gasteiger partial charge in [-0.1, -0.05) is 11.6 Å². The summed E-state index contributed by atoms with van der Waals surface area (Å²) < 4.78 is 38.8. The number of nitrogens with zero attached hydrogens (tertiary/aromatic N) is 1. The van der Waals surface area contributed by atoms with Crippen LogP contribution in [0.5, 0.6) is 5.75 Å². The van der Waals surface area contributed by atoms with E-state index in [4.69, 9.17) is 44.2 Å². The van der Waals surface area contributed by atoms with Gasteiger partial charge in [-0.2, -0.15) is 13.2 Å². The quantitative estimate of drug-likeness (QED) is 0.508. The summed E-state index contributed by atoms with van der Waals surface area (Å²) in [5, 5.41) is 17.4. The van der Waals surface area contributed by atoms with Crippen molar-refractivity contribution < 1.29 is 32.9 Å². The number of benzene rings is 1. The second-order valence-corrected chi connectivity index (χ2v) is 6.29. The fraction of sp³-hybridized carbons (Fsp3) is 0.312. The van der Waals surface area contributed by atoms with Gasteiger partial charge in [-0.3, -0.25) is 9.78 Å². The zero-order chi connectivity index (χ0) is 22.4. The van der Waals surface area contributed by atoms with Crippen LogP contribution in [0.3, 0.4) is 0 Å². The summed E-state index contributed by atoms with van der Waals surface area (Å²) in [7, 11) is 1.52. The van der Waals surface area contributed by atoms with Crippen LogP contribution in [0.25, 0.3) is 11.3 Å². The number of aromatic nitrogens is 2. The van der Waals surface area contributed by atoms with Gasteiger partial charge in [-0.05, 0) is 30.4 Å². The Labute approximate surface area is 172 Å². The number of nitrogens with one attached hydrogen (secondary N) is 1. The van der Waals surface area contributed by atoms with Crippen LogP contribution in [0.1, 0.15) is 0 Å². The van der Waals surface area contributed by atoms with Gasteiger partial charge in [0.2, 0.25) is 0 Å². The Kier molecular flexibility index (Phi) is 8.82. The fourth-order valence-electron chi connectivity index (χ4n) is 2.09. The minimum atomic E-state index is -5.08. The Balaban J connectivity index is 0.000000516. The van der Waals surface area contributed by atoms with Crippen molar-refractivity contribution in [1.82, 2.24) is 9.55 Å². The molecule has 160 valence electrons. The van der Waals surface area contributed by atoms with Crippen LogP contribution in [0.2, 0.25) is 5.02 Å². The molecule has 5 N–H and O–H groups in total. The van der Waals surface area contributed by atoms with E-state index in [1.165, 1.54) is 13.2 Å². The Hall–Kier alpha value is -2.41. The third-order valence-corrected chi connectivity index (χ3v) is 3.94. The molecule has 13 heteroatoms. The van der Waals surface area contributed by atoms with Crippen molar-refractivity contribution in [1.29, 1.82) is 0 Å². The second-order valence-electron chi connectivity index (χ2n) is 5.47. The summed E-state index contributed by atoms with van der Waals surface area (Å²) in [5.74, 6) is -2.21. The summed E-state index contributed by atoms with van der Waals surface area (Å²) >= 11 is 11.2. The first-order valence-electron chi connectivity index (χ1n) is 7.77. The number of aliphatic carboxylic acids is 1. The third kappa shape index (κ3) is 7.16. The van der Waals surface area contributed by atoms with E-state index < -0.39 is 18.2 Å². The molecule has 0 saturated carbocycles. The standard InChI is InChI=1S/C14H16ClN3O3S.C2HF3O2/c1-21-12-3-2-8(15)4-10(12)11-5-13(20)17-14(22)18(11)7-9(19)6-16;3-2(4,5)1(6)7/h2-5,9,19H,6-7,16H2,1H3,(H,17,20,22);(H,6,7)/t9-;/m1./s1. The number of carboxylic acid groups (broad SMARTS) is 1.